The summed E-state index contributed by atoms with van der Waals surface area (Å²) in [6.45, 7) is 0. The molecule has 5 heteroatoms. The summed E-state index contributed by atoms with van der Waals surface area (Å²) < 4.78 is 1.08. The number of rotatable bonds is 0. The van der Waals surface area contributed by atoms with Crippen LogP contribution < -0.4 is 11.4 Å². The van der Waals surface area contributed by atoms with Crippen LogP contribution in [-0.4, -0.2) is 9.55 Å². The van der Waals surface area contributed by atoms with Gasteiger partial charge in [0.15, 0.2) is 5.82 Å². The Hall–Kier alpha value is -1.52. The number of nitrogens with two attached hydrogens (primary N) is 1. The number of hydrogen-bond acceptors (Lipinski definition) is 3. The SMILES string of the molecule is Cn1cc([O])c(N)nc1=O. The van der Waals surface area contributed by atoms with Crippen LogP contribution in [0.15, 0.2) is 11.0 Å². The molecule has 0 atom stereocenters. The largest absolute Gasteiger partial charge is 0.380 e. The highest BCUT2D eigenvalue weighted by Gasteiger charge is 2.01. The van der Waals surface area contributed by atoms with Crippen molar-refractivity contribution in [2.75, 3.05) is 5.73 Å². The molecule has 0 aliphatic rings. The Kier molecular flexibility index (Phi) is 1.33. The summed E-state index contributed by atoms with van der Waals surface area (Å²) in [5.74, 6) is -0.676. The van der Waals surface area contributed by atoms with Gasteiger partial charge < -0.3 is 5.73 Å². The molecule has 5 nitrogen and oxygen atoms in total. The first-order valence-electron chi connectivity index (χ1n) is 2.61. The quantitative estimate of drug-likeness (QED) is 0.527. The van der Waals surface area contributed by atoms with Gasteiger partial charge in [-0.25, -0.2) is 4.79 Å². The number of nitrogens with zero attached hydrogens (tertiary/aromatic N) is 2. The minimum atomic E-state index is -0.517. The number of anilines is 1. The number of nitrogen functional groups attached to an aromatic ring is 1. The van der Waals surface area contributed by atoms with Gasteiger partial charge in [-0.1, -0.05) is 0 Å². The summed E-state index contributed by atoms with van der Waals surface area (Å²) in [7, 11) is 1.44. The molecule has 1 rings (SSSR count). The van der Waals surface area contributed by atoms with E-state index in [2.05, 4.69) is 4.98 Å². The zero-order chi connectivity index (χ0) is 7.72. The molecule has 1 heterocycles. The fraction of sp³-hybridized carbons (Fsp3) is 0.200. The summed E-state index contributed by atoms with van der Waals surface area (Å²) in [6.07, 6.45) is 1.10. The molecular weight excluding hydrogens is 134 g/mol. The Morgan fingerprint density at radius 1 is 1.70 bits per heavy atom. The molecule has 53 valence electrons. The van der Waals surface area contributed by atoms with E-state index in [1.165, 1.54) is 7.05 Å². The van der Waals surface area contributed by atoms with Crippen LogP contribution in [0.2, 0.25) is 0 Å². The van der Waals surface area contributed by atoms with E-state index < -0.39 is 11.4 Å². The maximum Gasteiger partial charge on any atom is 0.349 e. The molecule has 1 aromatic rings. The first-order valence-corrected chi connectivity index (χ1v) is 2.61. The van der Waals surface area contributed by atoms with Gasteiger partial charge in [0.1, 0.15) is 0 Å². The van der Waals surface area contributed by atoms with E-state index >= 15 is 0 Å². The second-order valence-electron chi connectivity index (χ2n) is 1.88. The summed E-state index contributed by atoms with van der Waals surface area (Å²) in [4.78, 5) is 13.9. The van der Waals surface area contributed by atoms with Crippen molar-refractivity contribution in [3.8, 4) is 5.75 Å². The third-order valence-corrected chi connectivity index (χ3v) is 1.08. The molecule has 0 spiro atoms. The van der Waals surface area contributed by atoms with Crippen LogP contribution in [0.4, 0.5) is 5.82 Å². The fourth-order valence-corrected chi connectivity index (χ4v) is 0.534. The van der Waals surface area contributed by atoms with E-state index in [0.29, 0.717) is 0 Å². The van der Waals surface area contributed by atoms with Crippen LogP contribution in [0, 0.1) is 0 Å². The Morgan fingerprint density at radius 3 is 2.80 bits per heavy atom. The molecule has 2 N–H and O–H groups in total. The molecule has 0 amide bonds. The van der Waals surface area contributed by atoms with Gasteiger partial charge in [-0.05, 0) is 0 Å². The highest BCUT2D eigenvalue weighted by atomic mass is 16.3. The van der Waals surface area contributed by atoms with Gasteiger partial charge in [0.25, 0.3) is 0 Å². The van der Waals surface area contributed by atoms with Crippen molar-refractivity contribution in [2.24, 2.45) is 7.05 Å². The molecule has 0 aliphatic heterocycles. The van der Waals surface area contributed by atoms with E-state index in [9.17, 15) is 9.90 Å². The van der Waals surface area contributed by atoms with E-state index in [-0.39, 0.29) is 5.82 Å². The maximum absolute atomic E-state index is 10.6. The van der Waals surface area contributed by atoms with Crippen molar-refractivity contribution < 1.29 is 5.11 Å². The molecule has 0 unspecified atom stereocenters. The predicted molar refractivity (Wildman–Crippen MR) is 34.0 cm³/mol. The molecule has 0 fully saturated rings. The van der Waals surface area contributed by atoms with Crippen LogP contribution in [0.25, 0.3) is 0 Å². The lowest BCUT2D eigenvalue weighted by Crippen LogP contribution is -2.19. The smallest absolute Gasteiger partial charge is 0.349 e. The van der Waals surface area contributed by atoms with Crippen LogP contribution in [0.3, 0.4) is 0 Å². The molecule has 1 radical (unpaired) electrons. The lowest BCUT2D eigenvalue weighted by Gasteiger charge is -1.95. The third-order valence-electron chi connectivity index (χ3n) is 1.08. The lowest BCUT2D eigenvalue weighted by atomic mass is 10.5. The van der Waals surface area contributed by atoms with Gasteiger partial charge >= 0.3 is 5.69 Å². The maximum atomic E-state index is 10.6. The molecule has 0 saturated carbocycles. The number of aromatic nitrogens is 2. The second kappa shape index (κ2) is 2.02. The predicted octanol–water partition coefficient (Wildman–Crippen LogP) is -0.494. The van der Waals surface area contributed by atoms with E-state index in [1.807, 2.05) is 0 Å². The normalized spacial score (nSPS) is 9.70. The molecule has 0 aromatic carbocycles. The molecule has 1 aromatic heterocycles. The highest BCUT2D eigenvalue weighted by Crippen LogP contribution is 2.11. The van der Waals surface area contributed by atoms with Crippen molar-refractivity contribution >= 4 is 5.82 Å². The molecule has 0 saturated heterocycles. The van der Waals surface area contributed by atoms with E-state index in [4.69, 9.17) is 5.73 Å². The summed E-state index contributed by atoms with van der Waals surface area (Å²) in [5, 5.41) is 10.6. The van der Waals surface area contributed by atoms with Gasteiger partial charge in [-0.2, -0.15) is 4.98 Å². The minimum absolute atomic E-state index is 0.247. The standard InChI is InChI=1S/C5H6N3O2/c1-8-2-3(9)4(6)7-5(8)10/h2H,1H3,(H2,6,7,10). The van der Waals surface area contributed by atoms with Crippen molar-refractivity contribution in [3.05, 3.63) is 16.7 Å². The fourth-order valence-electron chi connectivity index (χ4n) is 0.534. The Balaban J connectivity index is 3.43. The summed E-state index contributed by atoms with van der Waals surface area (Å²) in [5.41, 5.74) is 4.54. The second-order valence-corrected chi connectivity index (χ2v) is 1.88. The van der Waals surface area contributed by atoms with Crippen LogP contribution in [0.1, 0.15) is 0 Å². The zero-order valence-electron chi connectivity index (χ0n) is 5.37. The topological polar surface area (TPSA) is 80.8 Å². The van der Waals surface area contributed by atoms with Gasteiger partial charge in [-0.3, -0.25) is 9.67 Å². The Bertz CT molecular complexity index is 304. The monoisotopic (exact) mass is 140 g/mol. The highest BCUT2D eigenvalue weighted by molar-refractivity contribution is 5.41. The summed E-state index contributed by atoms with van der Waals surface area (Å²) in [6, 6.07) is 0. The number of aryl methyl sites for hydroxylation is 1. The van der Waals surface area contributed by atoms with Gasteiger partial charge in [0.05, 0.1) is 6.20 Å². The van der Waals surface area contributed by atoms with Crippen LogP contribution in [0.5, 0.6) is 5.75 Å². The lowest BCUT2D eigenvalue weighted by molar-refractivity contribution is 0.350. The molecule has 10 heavy (non-hydrogen) atoms. The van der Waals surface area contributed by atoms with Gasteiger partial charge in [0.2, 0.25) is 5.75 Å². The first-order chi connectivity index (χ1) is 4.61. The first kappa shape index (κ1) is 6.60. The van der Waals surface area contributed by atoms with E-state index in [0.717, 1.165) is 10.8 Å². The zero-order valence-corrected chi connectivity index (χ0v) is 5.37. The Labute approximate surface area is 56.7 Å². The van der Waals surface area contributed by atoms with Crippen molar-refractivity contribution in [1.82, 2.24) is 9.55 Å². The van der Waals surface area contributed by atoms with Crippen LogP contribution >= 0.6 is 0 Å². The van der Waals surface area contributed by atoms with Gasteiger partial charge in [0, 0.05) is 7.05 Å². The third kappa shape index (κ3) is 0.928. The van der Waals surface area contributed by atoms with E-state index in [1.54, 1.807) is 0 Å². The molecular formula is C5H6N3O2. The molecule has 0 aliphatic carbocycles. The Morgan fingerprint density at radius 2 is 2.30 bits per heavy atom. The van der Waals surface area contributed by atoms with Crippen molar-refractivity contribution in [2.45, 2.75) is 0 Å². The van der Waals surface area contributed by atoms with Crippen molar-refractivity contribution in [1.29, 1.82) is 0 Å². The van der Waals surface area contributed by atoms with Crippen LogP contribution in [-0.2, 0) is 12.2 Å². The number of hydrogen-bond donors (Lipinski definition) is 1. The average molecular weight is 140 g/mol. The summed E-state index contributed by atoms with van der Waals surface area (Å²) >= 11 is 0. The average Bonchev–Trinajstić information content (AvgIpc) is 1.84. The van der Waals surface area contributed by atoms with Crippen molar-refractivity contribution in [3.63, 3.8) is 0 Å². The van der Waals surface area contributed by atoms with Gasteiger partial charge in [-0.15, -0.1) is 0 Å². The minimum Gasteiger partial charge on any atom is -0.380 e. The molecule has 0 bridgehead atoms.